The SMILES string of the molecule is COC(=O)[C@H](CCC(=O)c1ccc(F)cc1)NC(=O)OC(C)(C)C. The predicted molar refractivity (Wildman–Crippen MR) is 85.1 cm³/mol. The third-order valence-electron chi connectivity index (χ3n) is 3.00. The summed E-state index contributed by atoms with van der Waals surface area (Å²) in [5.41, 5.74) is -0.383. The first-order valence-corrected chi connectivity index (χ1v) is 7.48. The molecular formula is C17H22FNO5. The Hall–Kier alpha value is -2.44. The summed E-state index contributed by atoms with van der Waals surface area (Å²) in [7, 11) is 1.19. The van der Waals surface area contributed by atoms with Crippen molar-refractivity contribution in [1.29, 1.82) is 0 Å². The van der Waals surface area contributed by atoms with Crippen LogP contribution >= 0.6 is 0 Å². The molecule has 0 bridgehead atoms. The molecule has 1 aromatic carbocycles. The van der Waals surface area contributed by atoms with Gasteiger partial charge in [-0.2, -0.15) is 0 Å². The fourth-order valence-corrected chi connectivity index (χ4v) is 1.90. The number of ether oxygens (including phenoxy) is 2. The molecule has 1 aromatic rings. The standard InChI is InChI=1S/C17H22FNO5/c1-17(2,3)24-16(22)19-13(15(21)23-4)9-10-14(20)11-5-7-12(18)8-6-11/h5-8,13H,9-10H2,1-4H3,(H,19,22)/t13-/m0/s1. The molecular weight excluding hydrogens is 317 g/mol. The van der Waals surface area contributed by atoms with E-state index in [1.54, 1.807) is 20.8 Å². The Balaban J connectivity index is 2.66. The number of carbonyl (C=O) groups excluding carboxylic acids is 3. The highest BCUT2D eigenvalue weighted by atomic mass is 19.1. The van der Waals surface area contributed by atoms with E-state index in [0.29, 0.717) is 5.56 Å². The van der Waals surface area contributed by atoms with Crippen molar-refractivity contribution >= 4 is 17.8 Å². The van der Waals surface area contributed by atoms with Gasteiger partial charge in [-0.05, 0) is 51.5 Å². The van der Waals surface area contributed by atoms with Crippen LogP contribution in [0.1, 0.15) is 44.0 Å². The number of benzene rings is 1. The molecule has 7 heteroatoms. The van der Waals surface area contributed by atoms with E-state index in [9.17, 15) is 18.8 Å². The van der Waals surface area contributed by atoms with Gasteiger partial charge in [-0.1, -0.05) is 0 Å². The van der Waals surface area contributed by atoms with Gasteiger partial charge in [0.15, 0.2) is 5.78 Å². The predicted octanol–water partition coefficient (Wildman–Crippen LogP) is 2.85. The highest BCUT2D eigenvalue weighted by Gasteiger charge is 2.25. The van der Waals surface area contributed by atoms with Gasteiger partial charge in [0.1, 0.15) is 17.5 Å². The highest BCUT2D eigenvalue weighted by Crippen LogP contribution is 2.11. The minimum Gasteiger partial charge on any atom is -0.467 e. The average Bonchev–Trinajstić information content (AvgIpc) is 2.49. The molecule has 1 N–H and O–H groups in total. The Bertz CT molecular complexity index is 592. The average molecular weight is 339 g/mol. The Labute approximate surface area is 140 Å². The number of hydrogen-bond donors (Lipinski definition) is 1. The molecule has 0 aliphatic carbocycles. The van der Waals surface area contributed by atoms with Crippen molar-refractivity contribution in [3.63, 3.8) is 0 Å². The van der Waals surface area contributed by atoms with Gasteiger partial charge < -0.3 is 14.8 Å². The summed E-state index contributed by atoms with van der Waals surface area (Å²) in [4.78, 5) is 35.6. The van der Waals surface area contributed by atoms with E-state index in [4.69, 9.17) is 4.74 Å². The third kappa shape index (κ3) is 6.76. The largest absolute Gasteiger partial charge is 0.467 e. The maximum atomic E-state index is 12.9. The first kappa shape index (κ1) is 19.6. The van der Waals surface area contributed by atoms with Crippen molar-refractivity contribution in [3.05, 3.63) is 35.6 Å². The van der Waals surface area contributed by atoms with Gasteiger partial charge in [0, 0.05) is 12.0 Å². The summed E-state index contributed by atoms with van der Waals surface area (Å²) in [5, 5.41) is 2.39. The van der Waals surface area contributed by atoms with Gasteiger partial charge in [0.2, 0.25) is 0 Å². The van der Waals surface area contributed by atoms with Crippen molar-refractivity contribution < 1.29 is 28.2 Å². The zero-order valence-corrected chi connectivity index (χ0v) is 14.2. The molecule has 0 saturated carbocycles. The van der Waals surface area contributed by atoms with Crippen molar-refractivity contribution in [2.24, 2.45) is 0 Å². The number of Topliss-reactive ketones (excluding diaryl/α,β-unsaturated/α-hetero) is 1. The van der Waals surface area contributed by atoms with Crippen molar-refractivity contribution in [1.82, 2.24) is 5.32 Å². The van der Waals surface area contributed by atoms with Gasteiger partial charge in [0.05, 0.1) is 7.11 Å². The normalized spacial score (nSPS) is 12.2. The molecule has 24 heavy (non-hydrogen) atoms. The van der Waals surface area contributed by atoms with Crippen LogP contribution < -0.4 is 5.32 Å². The van der Waals surface area contributed by atoms with Gasteiger partial charge in [0.25, 0.3) is 0 Å². The second kappa shape index (κ2) is 8.42. The number of carbonyl (C=O) groups is 3. The minimum absolute atomic E-state index is 0.0127. The molecule has 1 atom stereocenters. The Morgan fingerprint density at radius 3 is 2.25 bits per heavy atom. The number of methoxy groups -OCH3 is 1. The maximum absolute atomic E-state index is 12.9. The minimum atomic E-state index is -1.01. The quantitative estimate of drug-likeness (QED) is 0.636. The molecule has 1 rings (SSSR count). The second-order valence-electron chi connectivity index (χ2n) is 6.19. The van der Waals surface area contributed by atoms with Crippen LogP contribution in [0.4, 0.5) is 9.18 Å². The van der Waals surface area contributed by atoms with Crippen molar-refractivity contribution in [3.8, 4) is 0 Å². The Morgan fingerprint density at radius 2 is 1.75 bits per heavy atom. The van der Waals surface area contributed by atoms with Crippen molar-refractivity contribution in [2.75, 3.05) is 7.11 Å². The van der Waals surface area contributed by atoms with E-state index in [2.05, 4.69) is 10.1 Å². The molecule has 6 nitrogen and oxygen atoms in total. The summed E-state index contributed by atoms with van der Waals surface area (Å²) in [6, 6.07) is 4.10. The smallest absolute Gasteiger partial charge is 0.408 e. The molecule has 0 spiro atoms. The Kier molecular flexibility index (Phi) is 6.88. The third-order valence-corrected chi connectivity index (χ3v) is 3.00. The van der Waals surface area contributed by atoms with E-state index in [1.165, 1.54) is 31.4 Å². The summed E-state index contributed by atoms with van der Waals surface area (Å²) in [6.45, 7) is 5.08. The monoisotopic (exact) mass is 339 g/mol. The molecule has 1 amide bonds. The van der Waals surface area contributed by atoms with Gasteiger partial charge >= 0.3 is 12.1 Å². The second-order valence-corrected chi connectivity index (χ2v) is 6.19. The van der Waals surface area contributed by atoms with E-state index in [1.807, 2.05) is 0 Å². The summed E-state index contributed by atoms with van der Waals surface area (Å²) in [5.74, 6) is -1.38. The lowest BCUT2D eigenvalue weighted by Crippen LogP contribution is -2.44. The number of halogens is 1. The lowest BCUT2D eigenvalue weighted by molar-refractivity contribution is -0.143. The molecule has 0 aliphatic rings. The molecule has 0 aromatic heterocycles. The highest BCUT2D eigenvalue weighted by molar-refractivity contribution is 5.96. The number of amides is 1. The number of ketones is 1. The maximum Gasteiger partial charge on any atom is 0.408 e. The lowest BCUT2D eigenvalue weighted by Gasteiger charge is -2.22. The van der Waals surface area contributed by atoms with Crippen LogP contribution in [0.3, 0.4) is 0 Å². The molecule has 0 heterocycles. The van der Waals surface area contributed by atoms with Crippen LogP contribution in [0.25, 0.3) is 0 Å². The topological polar surface area (TPSA) is 81.7 Å². The van der Waals surface area contributed by atoms with Crippen LogP contribution in [0.15, 0.2) is 24.3 Å². The fraction of sp³-hybridized carbons (Fsp3) is 0.471. The fourth-order valence-electron chi connectivity index (χ4n) is 1.90. The molecule has 0 aliphatic heterocycles. The first-order valence-electron chi connectivity index (χ1n) is 7.48. The molecule has 0 radical (unpaired) electrons. The van der Waals surface area contributed by atoms with Gasteiger partial charge in [-0.15, -0.1) is 0 Å². The lowest BCUT2D eigenvalue weighted by atomic mass is 10.0. The van der Waals surface area contributed by atoms with Crippen LogP contribution in [0.2, 0.25) is 0 Å². The molecule has 0 saturated heterocycles. The molecule has 0 unspecified atom stereocenters. The van der Waals surface area contributed by atoms with E-state index >= 15 is 0 Å². The molecule has 132 valence electrons. The first-order chi connectivity index (χ1) is 11.1. The zero-order valence-electron chi connectivity index (χ0n) is 14.2. The molecule has 0 fully saturated rings. The van der Waals surface area contributed by atoms with Crippen LogP contribution in [0.5, 0.6) is 0 Å². The van der Waals surface area contributed by atoms with Crippen molar-refractivity contribution in [2.45, 2.75) is 45.3 Å². The van der Waals surface area contributed by atoms with E-state index in [0.717, 1.165) is 0 Å². The summed E-state index contributed by atoms with van der Waals surface area (Å²) >= 11 is 0. The number of esters is 1. The van der Waals surface area contributed by atoms with Crippen LogP contribution in [0, 0.1) is 5.82 Å². The summed E-state index contributed by atoms with van der Waals surface area (Å²) in [6.07, 6.45) is -0.740. The number of nitrogens with one attached hydrogen (secondary N) is 1. The number of hydrogen-bond acceptors (Lipinski definition) is 5. The number of rotatable bonds is 6. The van der Waals surface area contributed by atoms with E-state index in [-0.39, 0.29) is 18.6 Å². The van der Waals surface area contributed by atoms with Crippen LogP contribution in [-0.2, 0) is 14.3 Å². The Morgan fingerprint density at radius 1 is 1.17 bits per heavy atom. The van der Waals surface area contributed by atoms with Crippen LogP contribution in [-0.4, -0.2) is 36.6 Å². The van der Waals surface area contributed by atoms with Gasteiger partial charge in [-0.3, -0.25) is 4.79 Å². The summed E-state index contributed by atoms with van der Waals surface area (Å²) < 4.78 is 22.6. The number of alkyl carbamates (subject to hydrolysis) is 1. The zero-order chi connectivity index (χ0) is 18.3. The van der Waals surface area contributed by atoms with Gasteiger partial charge in [-0.25, -0.2) is 14.0 Å². The van der Waals surface area contributed by atoms with E-state index < -0.39 is 29.5 Å².